The van der Waals surface area contributed by atoms with Crippen molar-refractivity contribution in [2.75, 3.05) is 0 Å². The first-order chi connectivity index (χ1) is 14.6. The van der Waals surface area contributed by atoms with Gasteiger partial charge in [0, 0.05) is 11.0 Å². The number of aliphatic hydroxyl groups is 1. The van der Waals surface area contributed by atoms with Gasteiger partial charge < -0.3 is 10.2 Å². The minimum Gasteiger partial charge on any atom is -0.507 e. The fourth-order valence-electron chi connectivity index (χ4n) is 4.82. The Hall–Kier alpha value is -1.54. The van der Waals surface area contributed by atoms with E-state index >= 15 is 0 Å². The second kappa shape index (κ2) is 13.7. The number of benzene rings is 1. The van der Waals surface area contributed by atoms with Crippen LogP contribution in [0.2, 0.25) is 0 Å². The van der Waals surface area contributed by atoms with Gasteiger partial charge in [-0.2, -0.15) is 0 Å². The molecule has 2 rings (SSSR count). The van der Waals surface area contributed by atoms with Crippen LogP contribution in [0.15, 0.2) is 42.5 Å². The Labute approximate surface area is 185 Å². The molecule has 2 nitrogen and oxygen atoms in total. The molecule has 0 aliphatic heterocycles. The molecule has 1 aliphatic carbocycles. The maximum Gasteiger partial charge on any atom is 0.123 e. The van der Waals surface area contributed by atoms with Crippen molar-refractivity contribution in [3.05, 3.63) is 48.1 Å². The van der Waals surface area contributed by atoms with E-state index in [0.717, 1.165) is 36.8 Å². The van der Waals surface area contributed by atoms with Crippen LogP contribution in [0.25, 0.3) is 5.57 Å². The Morgan fingerprint density at radius 1 is 0.767 bits per heavy atom. The maximum absolute atomic E-state index is 11.5. The highest BCUT2D eigenvalue weighted by molar-refractivity contribution is 5.76. The van der Waals surface area contributed by atoms with Crippen molar-refractivity contribution in [1.29, 1.82) is 0 Å². The zero-order chi connectivity index (χ0) is 21.7. The molecule has 0 saturated heterocycles. The average molecular weight is 413 g/mol. The molecule has 0 amide bonds. The van der Waals surface area contributed by atoms with E-state index in [1.54, 1.807) is 6.07 Å². The molecule has 1 aromatic carbocycles. The van der Waals surface area contributed by atoms with Gasteiger partial charge in [-0.1, -0.05) is 127 Å². The smallest absolute Gasteiger partial charge is 0.123 e. The van der Waals surface area contributed by atoms with Crippen molar-refractivity contribution in [2.24, 2.45) is 5.41 Å². The molecular weight excluding hydrogens is 368 g/mol. The van der Waals surface area contributed by atoms with Gasteiger partial charge in [0.25, 0.3) is 0 Å². The predicted molar refractivity (Wildman–Crippen MR) is 130 cm³/mol. The number of para-hydroxylation sites is 1. The van der Waals surface area contributed by atoms with Crippen molar-refractivity contribution >= 4 is 5.57 Å². The Bertz CT molecular complexity index is 642. The van der Waals surface area contributed by atoms with Crippen LogP contribution in [0.1, 0.15) is 109 Å². The molecule has 0 aromatic heterocycles. The van der Waals surface area contributed by atoms with E-state index in [4.69, 9.17) is 0 Å². The van der Waals surface area contributed by atoms with Gasteiger partial charge in [0.2, 0.25) is 0 Å². The highest BCUT2D eigenvalue weighted by Gasteiger charge is 2.39. The number of hydrogen-bond donors (Lipinski definition) is 2. The third-order valence-electron chi connectivity index (χ3n) is 6.75. The largest absolute Gasteiger partial charge is 0.507 e. The van der Waals surface area contributed by atoms with E-state index in [-0.39, 0.29) is 11.2 Å². The number of aromatic hydroxyl groups is 1. The summed E-state index contributed by atoms with van der Waals surface area (Å²) in [5.41, 5.74) is 1.43. The van der Waals surface area contributed by atoms with Gasteiger partial charge in [-0.15, -0.1) is 0 Å². The summed E-state index contributed by atoms with van der Waals surface area (Å²) >= 11 is 0. The highest BCUT2D eigenvalue weighted by Crippen LogP contribution is 2.45. The molecule has 30 heavy (non-hydrogen) atoms. The number of phenolic OH excluding ortho intramolecular Hbond substituents is 1. The first-order valence-corrected chi connectivity index (χ1v) is 12.5. The first-order valence-electron chi connectivity index (χ1n) is 12.5. The lowest BCUT2D eigenvalue weighted by molar-refractivity contribution is 0.0856. The van der Waals surface area contributed by atoms with Gasteiger partial charge in [-0.3, -0.25) is 0 Å². The lowest BCUT2D eigenvalue weighted by Gasteiger charge is -2.39. The molecule has 0 spiro atoms. The van der Waals surface area contributed by atoms with E-state index in [1.165, 1.54) is 64.2 Å². The summed E-state index contributed by atoms with van der Waals surface area (Å²) in [7, 11) is 0. The Morgan fingerprint density at radius 2 is 1.30 bits per heavy atom. The molecule has 0 saturated carbocycles. The van der Waals surface area contributed by atoms with Crippen LogP contribution >= 0.6 is 0 Å². The minimum absolute atomic E-state index is 0.206. The molecular formula is C28H44O2. The number of unbranched alkanes of at least 4 members (excludes halogenated alkanes) is 10. The standard InChI is InChI=1S/C28H44O2/c1-3-5-7-9-11-15-21-28(22-16-12-10-8-6-4-2)23-17-19-25(27(28)30)24-18-13-14-20-26(24)29/h13-14,17-20,23,27,29-30H,3-12,15-16,21-22H2,1-2H3. The third kappa shape index (κ3) is 7.30. The van der Waals surface area contributed by atoms with Crippen molar-refractivity contribution in [3.8, 4) is 5.75 Å². The molecule has 0 bridgehead atoms. The summed E-state index contributed by atoms with van der Waals surface area (Å²) in [4.78, 5) is 0. The summed E-state index contributed by atoms with van der Waals surface area (Å²) in [5.74, 6) is 0.256. The second-order valence-corrected chi connectivity index (χ2v) is 9.17. The molecule has 2 N–H and O–H groups in total. The van der Waals surface area contributed by atoms with E-state index in [0.29, 0.717) is 0 Å². The molecule has 1 aliphatic rings. The average Bonchev–Trinajstić information content (AvgIpc) is 2.75. The number of phenols is 1. The Morgan fingerprint density at radius 3 is 1.87 bits per heavy atom. The van der Waals surface area contributed by atoms with Crippen molar-refractivity contribution < 1.29 is 10.2 Å². The lowest BCUT2D eigenvalue weighted by Crippen LogP contribution is -2.36. The zero-order valence-corrected chi connectivity index (χ0v) is 19.4. The van der Waals surface area contributed by atoms with E-state index in [9.17, 15) is 10.2 Å². The van der Waals surface area contributed by atoms with Gasteiger partial charge >= 0.3 is 0 Å². The summed E-state index contributed by atoms with van der Waals surface area (Å²) in [6, 6.07) is 7.41. The molecule has 0 fully saturated rings. The number of allylic oxidation sites excluding steroid dienone is 2. The van der Waals surface area contributed by atoms with E-state index in [1.807, 2.05) is 24.3 Å². The Balaban J connectivity index is 2.05. The predicted octanol–water partition coefficient (Wildman–Crippen LogP) is 8.19. The first kappa shape index (κ1) is 24.7. The van der Waals surface area contributed by atoms with Gasteiger partial charge in [0.1, 0.15) is 5.75 Å². The number of rotatable bonds is 15. The maximum atomic E-state index is 11.5. The van der Waals surface area contributed by atoms with E-state index < -0.39 is 6.10 Å². The molecule has 1 aromatic rings. The number of hydrogen-bond acceptors (Lipinski definition) is 2. The van der Waals surface area contributed by atoms with Crippen LogP contribution in [-0.4, -0.2) is 16.3 Å². The summed E-state index contributed by atoms with van der Waals surface area (Å²) in [5, 5.41) is 21.9. The SMILES string of the molecule is CCCCCCCCC1(CCCCCCCC)C=CC=C(c2ccccc2O)C1O. The molecule has 0 radical (unpaired) electrons. The molecule has 2 heteroatoms. The third-order valence-corrected chi connectivity index (χ3v) is 6.75. The Kier molecular flexibility index (Phi) is 11.3. The van der Waals surface area contributed by atoms with Crippen LogP contribution in [0.4, 0.5) is 0 Å². The summed E-state index contributed by atoms with van der Waals surface area (Å²) in [6.07, 6.45) is 23.1. The quantitative estimate of drug-likeness (QED) is 0.285. The fourth-order valence-corrected chi connectivity index (χ4v) is 4.82. The fraction of sp³-hybridized carbons (Fsp3) is 0.643. The zero-order valence-electron chi connectivity index (χ0n) is 19.4. The molecule has 1 unspecified atom stereocenters. The topological polar surface area (TPSA) is 40.5 Å². The van der Waals surface area contributed by atoms with Gasteiger partial charge in [0.05, 0.1) is 6.10 Å². The van der Waals surface area contributed by atoms with Crippen LogP contribution in [0, 0.1) is 5.41 Å². The monoisotopic (exact) mass is 412 g/mol. The van der Waals surface area contributed by atoms with Gasteiger partial charge in [0.15, 0.2) is 0 Å². The van der Waals surface area contributed by atoms with Crippen molar-refractivity contribution in [1.82, 2.24) is 0 Å². The van der Waals surface area contributed by atoms with Crippen molar-refractivity contribution in [3.63, 3.8) is 0 Å². The highest BCUT2D eigenvalue weighted by atomic mass is 16.3. The summed E-state index contributed by atoms with van der Waals surface area (Å²) < 4.78 is 0. The van der Waals surface area contributed by atoms with Gasteiger partial charge in [-0.05, 0) is 24.5 Å². The summed E-state index contributed by atoms with van der Waals surface area (Å²) in [6.45, 7) is 4.51. The van der Waals surface area contributed by atoms with Crippen LogP contribution in [0.3, 0.4) is 0 Å². The molecule has 0 heterocycles. The second-order valence-electron chi connectivity index (χ2n) is 9.17. The minimum atomic E-state index is -0.554. The van der Waals surface area contributed by atoms with Crippen LogP contribution in [0.5, 0.6) is 5.75 Å². The lowest BCUT2D eigenvalue weighted by atomic mass is 9.68. The van der Waals surface area contributed by atoms with E-state index in [2.05, 4.69) is 26.0 Å². The normalized spacial score (nSPS) is 17.8. The van der Waals surface area contributed by atoms with Crippen LogP contribution in [-0.2, 0) is 0 Å². The number of aliphatic hydroxyl groups excluding tert-OH is 1. The van der Waals surface area contributed by atoms with Gasteiger partial charge in [-0.25, -0.2) is 0 Å². The molecule has 168 valence electrons. The molecule has 1 atom stereocenters. The van der Waals surface area contributed by atoms with Crippen molar-refractivity contribution in [2.45, 2.75) is 110 Å². The van der Waals surface area contributed by atoms with Crippen LogP contribution < -0.4 is 0 Å².